The predicted molar refractivity (Wildman–Crippen MR) is 133 cm³/mol. The van der Waals surface area contributed by atoms with Gasteiger partial charge in [0, 0.05) is 13.1 Å². The first-order valence-electron chi connectivity index (χ1n) is 10.5. The van der Waals surface area contributed by atoms with Crippen molar-refractivity contribution >= 4 is 50.7 Å². The molecule has 2 amide bonds. The minimum absolute atomic E-state index is 0.0574. The fourth-order valence-electron chi connectivity index (χ4n) is 3.21. The number of hydrogen-bond acceptors (Lipinski definition) is 4. The number of anilines is 1. The van der Waals surface area contributed by atoms with Crippen molar-refractivity contribution in [3.8, 4) is 0 Å². The maximum Gasteiger partial charge on any atom is 0.244 e. The van der Waals surface area contributed by atoms with Gasteiger partial charge in [-0.15, -0.1) is 0 Å². The number of amides is 2. The molecule has 10 heteroatoms. The topological polar surface area (TPSA) is 86.8 Å². The first kappa shape index (κ1) is 27.0. The summed E-state index contributed by atoms with van der Waals surface area (Å²) in [6.07, 6.45) is 1.79. The van der Waals surface area contributed by atoms with Crippen LogP contribution in [-0.2, 0) is 26.2 Å². The molecule has 180 valence electrons. The average Bonchev–Trinajstić information content (AvgIpc) is 2.75. The zero-order chi connectivity index (χ0) is 24.8. The quantitative estimate of drug-likeness (QED) is 0.519. The molecule has 1 atom stereocenters. The molecule has 0 aromatic heterocycles. The van der Waals surface area contributed by atoms with E-state index in [9.17, 15) is 18.0 Å². The van der Waals surface area contributed by atoms with Gasteiger partial charge in [0.15, 0.2) is 0 Å². The molecule has 0 unspecified atom stereocenters. The lowest BCUT2D eigenvalue weighted by atomic mass is 10.1. The van der Waals surface area contributed by atoms with Crippen LogP contribution < -0.4 is 9.62 Å². The van der Waals surface area contributed by atoms with E-state index in [1.54, 1.807) is 43.3 Å². The van der Waals surface area contributed by atoms with Gasteiger partial charge in [0.25, 0.3) is 0 Å². The highest BCUT2D eigenvalue weighted by atomic mass is 35.5. The van der Waals surface area contributed by atoms with E-state index in [-0.39, 0.29) is 12.5 Å². The molecule has 0 spiro atoms. The number of aryl methyl sites for hydroxylation is 1. The molecule has 7 nitrogen and oxygen atoms in total. The van der Waals surface area contributed by atoms with Crippen molar-refractivity contribution in [2.75, 3.05) is 23.7 Å². The lowest BCUT2D eigenvalue weighted by Crippen LogP contribution is -2.51. The van der Waals surface area contributed by atoms with Gasteiger partial charge in [-0.05, 0) is 55.7 Å². The molecule has 0 aliphatic heterocycles. The first-order valence-corrected chi connectivity index (χ1v) is 13.1. The van der Waals surface area contributed by atoms with Gasteiger partial charge < -0.3 is 10.2 Å². The lowest BCUT2D eigenvalue weighted by Gasteiger charge is -2.31. The maximum atomic E-state index is 13.4. The van der Waals surface area contributed by atoms with E-state index in [4.69, 9.17) is 23.2 Å². The Morgan fingerprint density at radius 1 is 1.09 bits per heavy atom. The molecule has 2 aromatic carbocycles. The van der Waals surface area contributed by atoms with E-state index in [0.29, 0.717) is 27.8 Å². The smallest absolute Gasteiger partial charge is 0.244 e. The third-order valence-corrected chi connectivity index (χ3v) is 6.90. The molecular weight excluding hydrogens is 485 g/mol. The number of nitrogens with one attached hydrogen (secondary N) is 1. The lowest BCUT2D eigenvalue weighted by molar-refractivity contribution is -0.139. The number of benzene rings is 2. The first-order chi connectivity index (χ1) is 15.4. The predicted octanol–water partition coefficient (Wildman–Crippen LogP) is 4.01. The summed E-state index contributed by atoms with van der Waals surface area (Å²) < 4.78 is 26.1. The zero-order valence-corrected chi connectivity index (χ0v) is 21.5. The van der Waals surface area contributed by atoms with Gasteiger partial charge >= 0.3 is 0 Å². The third kappa shape index (κ3) is 7.62. The van der Waals surface area contributed by atoms with E-state index < -0.39 is 28.5 Å². The molecule has 0 radical (unpaired) electrons. The number of nitrogens with zero attached hydrogens (tertiary/aromatic N) is 2. The number of hydrogen-bond donors (Lipinski definition) is 1. The Bertz CT molecular complexity index is 1110. The standard InChI is InChI=1S/C23H29Cl2N3O4S/c1-5-11-26-23(30)17(3)27(14-18-9-10-20(24)21(25)13-18)22(29)15-28(33(4,31)32)19-8-6-7-16(2)12-19/h6-10,12-13,17H,5,11,14-15H2,1-4H3,(H,26,30)/t17-/m0/s1. The number of carbonyl (C=O) groups is 2. The Morgan fingerprint density at radius 3 is 2.36 bits per heavy atom. The van der Waals surface area contributed by atoms with Gasteiger partial charge in [-0.2, -0.15) is 0 Å². The van der Waals surface area contributed by atoms with Crippen LogP contribution in [0.5, 0.6) is 0 Å². The van der Waals surface area contributed by atoms with Gasteiger partial charge in [0.1, 0.15) is 12.6 Å². The maximum absolute atomic E-state index is 13.4. The van der Waals surface area contributed by atoms with E-state index in [1.807, 2.05) is 19.9 Å². The second kappa shape index (κ2) is 11.7. The molecular formula is C23H29Cl2N3O4S. The van der Waals surface area contributed by atoms with Gasteiger partial charge in [-0.3, -0.25) is 13.9 Å². The minimum atomic E-state index is -3.76. The minimum Gasteiger partial charge on any atom is -0.354 e. The average molecular weight is 514 g/mol. The Kier molecular flexibility index (Phi) is 9.57. The number of carbonyl (C=O) groups excluding carboxylic acids is 2. The third-order valence-electron chi connectivity index (χ3n) is 5.02. The summed E-state index contributed by atoms with van der Waals surface area (Å²) in [4.78, 5) is 27.4. The molecule has 0 saturated carbocycles. The molecule has 0 fully saturated rings. The number of halogens is 2. The molecule has 0 bridgehead atoms. The van der Waals surface area contributed by atoms with Gasteiger partial charge in [-0.25, -0.2) is 8.42 Å². The fraction of sp³-hybridized carbons (Fsp3) is 0.391. The molecule has 2 aromatic rings. The Labute approximate surface area is 205 Å². The number of rotatable bonds is 10. The zero-order valence-electron chi connectivity index (χ0n) is 19.1. The molecule has 0 saturated heterocycles. The fourth-order valence-corrected chi connectivity index (χ4v) is 4.37. The van der Waals surface area contributed by atoms with Crippen molar-refractivity contribution in [2.45, 2.75) is 39.8 Å². The van der Waals surface area contributed by atoms with E-state index >= 15 is 0 Å². The summed E-state index contributed by atoms with van der Waals surface area (Å²) >= 11 is 12.1. The van der Waals surface area contributed by atoms with Crippen molar-refractivity contribution in [3.63, 3.8) is 0 Å². The SMILES string of the molecule is CCCNC(=O)[C@H](C)N(Cc1ccc(Cl)c(Cl)c1)C(=O)CN(c1cccc(C)c1)S(C)(=O)=O. The van der Waals surface area contributed by atoms with Crippen molar-refractivity contribution in [1.29, 1.82) is 0 Å². The van der Waals surface area contributed by atoms with Gasteiger partial charge in [0.2, 0.25) is 21.8 Å². The molecule has 0 aliphatic rings. The Balaban J connectivity index is 2.39. The van der Waals surface area contributed by atoms with E-state index in [2.05, 4.69) is 5.32 Å². The summed E-state index contributed by atoms with van der Waals surface area (Å²) in [6.45, 7) is 5.45. The highest BCUT2D eigenvalue weighted by Crippen LogP contribution is 2.24. The van der Waals surface area contributed by atoms with Crippen LogP contribution in [0.1, 0.15) is 31.4 Å². The van der Waals surface area contributed by atoms with Crippen molar-refractivity contribution in [3.05, 3.63) is 63.6 Å². The Hall–Kier alpha value is -2.29. The molecule has 2 rings (SSSR count). The number of sulfonamides is 1. The summed E-state index contributed by atoms with van der Waals surface area (Å²) in [5.41, 5.74) is 1.89. The van der Waals surface area contributed by atoms with Crippen LogP contribution in [0.3, 0.4) is 0 Å². The second-order valence-corrected chi connectivity index (χ2v) is 10.6. The van der Waals surface area contributed by atoms with Crippen LogP contribution in [-0.4, -0.2) is 50.5 Å². The summed E-state index contributed by atoms with van der Waals surface area (Å²) in [5.74, 6) is -0.848. The molecule has 33 heavy (non-hydrogen) atoms. The highest BCUT2D eigenvalue weighted by molar-refractivity contribution is 7.92. The summed E-state index contributed by atoms with van der Waals surface area (Å²) in [6, 6.07) is 11.0. The van der Waals surface area contributed by atoms with Crippen LogP contribution in [0.2, 0.25) is 10.0 Å². The van der Waals surface area contributed by atoms with E-state index in [1.165, 1.54) is 4.90 Å². The van der Waals surface area contributed by atoms with Crippen molar-refractivity contribution in [2.24, 2.45) is 0 Å². The summed E-state index contributed by atoms with van der Waals surface area (Å²) in [5, 5.41) is 3.48. The van der Waals surface area contributed by atoms with Crippen molar-refractivity contribution in [1.82, 2.24) is 10.2 Å². The van der Waals surface area contributed by atoms with Gasteiger partial charge in [0.05, 0.1) is 22.0 Å². The van der Waals surface area contributed by atoms with Crippen LogP contribution in [0.4, 0.5) is 5.69 Å². The largest absolute Gasteiger partial charge is 0.354 e. The van der Waals surface area contributed by atoms with Crippen LogP contribution in [0.25, 0.3) is 0 Å². The second-order valence-electron chi connectivity index (χ2n) is 7.85. The van der Waals surface area contributed by atoms with Crippen LogP contribution in [0.15, 0.2) is 42.5 Å². The molecule has 1 N–H and O–H groups in total. The Morgan fingerprint density at radius 2 is 1.79 bits per heavy atom. The van der Waals surface area contributed by atoms with Gasteiger partial charge in [-0.1, -0.05) is 48.3 Å². The molecule has 0 aliphatic carbocycles. The van der Waals surface area contributed by atoms with Crippen LogP contribution in [0, 0.1) is 6.92 Å². The normalized spacial score (nSPS) is 12.2. The van der Waals surface area contributed by atoms with Crippen molar-refractivity contribution < 1.29 is 18.0 Å². The van der Waals surface area contributed by atoms with Crippen LogP contribution >= 0.6 is 23.2 Å². The molecule has 0 heterocycles. The summed E-state index contributed by atoms with van der Waals surface area (Å²) in [7, 11) is -3.76. The monoisotopic (exact) mass is 513 g/mol. The highest BCUT2D eigenvalue weighted by Gasteiger charge is 2.30. The van der Waals surface area contributed by atoms with E-state index in [0.717, 1.165) is 22.5 Å².